The van der Waals surface area contributed by atoms with Gasteiger partial charge in [-0.05, 0) is 71.8 Å². The highest BCUT2D eigenvalue weighted by Gasteiger charge is 2.20. The summed E-state index contributed by atoms with van der Waals surface area (Å²) in [6, 6.07) is 70.2. The molecule has 10 rings (SSSR count). The molecule has 55 heavy (non-hydrogen) atoms. The Morgan fingerprint density at radius 2 is 0.727 bits per heavy atom. The molecule has 6 aromatic carbocycles. The quantitative estimate of drug-likeness (QED) is 0.158. The third-order valence-corrected chi connectivity index (χ3v) is 10.2. The lowest BCUT2D eigenvalue weighted by Crippen LogP contribution is -2.10. The largest absolute Gasteiger partial charge is 0.310 e. The third kappa shape index (κ3) is 5.94. The van der Waals surface area contributed by atoms with Gasteiger partial charge in [0.05, 0.1) is 22.8 Å². The summed E-state index contributed by atoms with van der Waals surface area (Å²) in [5.41, 5.74) is 15.7. The fourth-order valence-electron chi connectivity index (χ4n) is 7.58. The van der Waals surface area contributed by atoms with Gasteiger partial charge in [0.25, 0.3) is 0 Å². The van der Waals surface area contributed by atoms with E-state index in [1.807, 2.05) is 24.3 Å². The van der Waals surface area contributed by atoms with Crippen molar-refractivity contribution < 1.29 is 0 Å². The molecule has 0 atom stereocenters. The number of aromatic nitrogens is 4. The SMILES string of the molecule is c1ccc(-c2ccc(N(c3ccc(-c4c(-c5ccccc5)nc5ccccn45)cc3)c3cccc(-c4c(-c5ccccc5)nc5ccccn45)c3)cc2)cc1. The first kappa shape index (κ1) is 32.2. The maximum absolute atomic E-state index is 5.12. The molecule has 0 bridgehead atoms. The monoisotopic (exact) mass is 705 g/mol. The van der Waals surface area contributed by atoms with Gasteiger partial charge in [-0.15, -0.1) is 0 Å². The number of pyridine rings is 2. The van der Waals surface area contributed by atoms with Crippen LogP contribution >= 0.6 is 0 Å². The van der Waals surface area contributed by atoms with Crippen LogP contribution in [0.25, 0.3) is 67.5 Å². The highest BCUT2D eigenvalue weighted by Crippen LogP contribution is 2.41. The summed E-state index contributed by atoms with van der Waals surface area (Å²) in [6.45, 7) is 0. The first-order valence-electron chi connectivity index (χ1n) is 18.5. The third-order valence-electron chi connectivity index (χ3n) is 10.2. The number of benzene rings is 6. The standard InChI is InChI=1S/C50H35N5/c1-4-15-36(16-5-1)37-25-29-42(30-26-37)55(43-31-27-40(28-32-43)49-47(38-17-6-2-7-18-38)51-45-23-10-12-33-53(45)49)44-22-14-21-41(35-44)50-48(39-19-8-3-9-20-39)52-46-24-11-13-34-54(46)50/h1-35H. The predicted octanol–water partition coefficient (Wildman–Crippen LogP) is 12.8. The van der Waals surface area contributed by atoms with Crippen LogP contribution in [-0.4, -0.2) is 18.8 Å². The Hall–Kier alpha value is -7.50. The van der Waals surface area contributed by atoms with E-state index in [4.69, 9.17) is 9.97 Å². The van der Waals surface area contributed by atoms with Gasteiger partial charge in [-0.3, -0.25) is 8.80 Å². The highest BCUT2D eigenvalue weighted by molar-refractivity contribution is 5.87. The summed E-state index contributed by atoms with van der Waals surface area (Å²) in [7, 11) is 0. The van der Waals surface area contributed by atoms with Crippen molar-refractivity contribution in [1.82, 2.24) is 18.8 Å². The second-order valence-electron chi connectivity index (χ2n) is 13.6. The summed E-state index contributed by atoms with van der Waals surface area (Å²) in [4.78, 5) is 12.5. The number of fused-ring (bicyclic) bond motifs is 2. The van der Waals surface area contributed by atoms with Gasteiger partial charge in [-0.25, -0.2) is 9.97 Å². The van der Waals surface area contributed by atoms with Crippen LogP contribution in [0.3, 0.4) is 0 Å². The molecular weight excluding hydrogens is 671 g/mol. The van der Waals surface area contributed by atoms with Gasteiger partial charge < -0.3 is 4.90 Å². The topological polar surface area (TPSA) is 37.8 Å². The molecular formula is C50H35N5. The van der Waals surface area contributed by atoms with Gasteiger partial charge in [0, 0.05) is 51.7 Å². The summed E-state index contributed by atoms with van der Waals surface area (Å²) in [5.74, 6) is 0. The van der Waals surface area contributed by atoms with Crippen molar-refractivity contribution in [2.24, 2.45) is 0 Å². The molecule has 0 unspecified atom stereocenters. The Morgan fingerprint density at radius 1 is 0.309 bits per heavy atom. The maximum Gasteiger partial charge on any atom is 0.137 e. The van der Waals surface area contributed by atoms with E-state index in [1.54, 1.807) is 0 Å². The van der Waals surface area contributed by atoms with Gasteiger partial charge in [0.15, 0.2) is 0 Å². The molecule has 0 aliphatic carbocycles. The Bertz CT molecular complexity index is 2890. The van der Waals surface area contributed by atoms with E-state index in [0.717, 1.165) is 73.4 Å². The Balaban J connectivity index is 1.12. The zero-order valence-corrected chi connectivity index (χ0v) is 29.9. The van der Waals surface area contributed by atoms with E-state index in [1.165, 1.54) is 11.1 Å². The second-order valence-corrected chi connectivity index (χ2v) is 13.6. The van der Waals surface area contributed by atoms with E-state index < -0.39 is 0 Å². The lowest BCUT2D eigenvalue weighted by molar-refractivity contribution is 1.19. The van der Waals surface area contributed by atoms with Gasteiger partial charge in [0.2, 0.25) is 0 Å². The van der Waals surface area contributed by atoms with Crippen LogP contribution in [0.1, 0.15) is 0 Å². The van der Waals surface area contributed by atoms with E-state index in [0.29, 0.717) is 0 Å². The van der Waals surface area contributed by atoms with Gasteiger partial charge in [-0.2, -0.15) is 0 Å². The van der Waals surface area contributed by atoms with Crippen molar-refractivity contribution in [1.29, 1.82) is 0 Å². The molecule has 10 aromatic rings. The fraction of sp³-hybridized carbons (Fsp3) is 0. The lowest BCUT2D eigenvalue weighted by Gasteiger charge is -2.26. The molecule has 0 saturated carbocycles. The summed E-state index contributed by atoms with van der Waals surface area (Å²) < 4.78 is 4.37. The van der Waals surface area contributed by atoms with Gasteiger partial charge in [-0.1, -0.05) is 140 Å². The molecule has 0 fully saturated rings. The molecule has 5 nitrogen and oxygen atoms in total. The number of hydrogen-bond acceptors (Lipinski definition) is 3. The Morgan fingerprint density at radius 3 is 1.25 bits per heavy atom. The Labute approximate surface area is 319 Å². The van der Waals surface area contributed by atoms with Crippen LogP contribution < -0.4 is 4.90 Å². The lowest BCUT2D eigenvalue weighted by atomic mass is 10.0. The number of imidazole rings is 2. The second kappa shape index (κ2) is 13.8. The van der Waals surface area contributed by atoms with Crippen molar-refractivity contribution in [2.45, 2.75) is 0 Å². The average Bonchev–Trinajstić information content (AvgIpc) is 3.85. The van der Waals surface area contributed by atoms with Crippen LogP contribution in [0.2, 0.25) is 0 Å². The molecule has 4 heterocycles. The van der Waals surface area contributed by atoms with Gasteiger partial charge >= 0.3 is 0 Å². The first-order chi connectivity index (χ1) is 27.3. The zero-order chi connectivity index (χ0) is 36.6. The zero-order valence-electron chi connectivity index (χ0n) is 29.9. The van der Waals surface area contributed by atoms with Crippen molar-refractivity contribution in [2.75, 3.05) is 4.90 Å². The molecule has 0 spiro atoms. The molecule has 0 amide bonds. The van der Waals surface area contributed by atoms with Crippen molar-refractivity contribution in [3.8, 4) is 56.2 Å². The molecule has 5 heteroatoms. The highest BCUT2D eigenvalue weighted by atomic mass is 15.1. The minimum atomic E-state index is 0.910. The summed E-state index contributed by atoms with van der Waals surface area (Å²) in [5, 5.41) is 0. The summed E-state index contributed by atoms with van der Waals surface area (Å²) >= 11 is 0. The first-order valence-corrected chi connectivity index (χ1v) is 18.5. The molecule has 4 aromatic heterocycles. The van der Waals surface area contributed by atoms with Gasteiger partial charge in [0.1, 0.15) is 11.3 Å². The predicted molar refractivity (Wildman–Crippen MR) is 226 cm³/mol. The van der Waals surface area contributed by atoms with Crippen LogP contribution in [0.15, 0.2) is 213 Å². The average molecular weight is 706 g/mol. The Kier molecular flexibility index (Phi) is 8.08. The minimum absolute atomic E-state index is 0.910. The fourth-order valence-corrected chi connectivity index (χ4v) is 7.58. The maximum atomic E-state index is 5.12. The van der Waals surface area contributed by atoms with E-state index in [9.17, 15) is 0 Å². The van der Waals surface area contributed by atoms with Crippen LogP contribution in [-0.2, 0) is 0 Å². The molecule has 0 saturated heterocycles. The van der Waals surface area contributed by atoms with Crippen molar-refractivity contribution in [3.63, 3.8) is 0 Å². The van der Waals surface area contributed by atoms with E-state index in [2.05, 4.69) is 202 Å². The van der Waals surface area contributed by atoms with Crippen molar-refractivity contribution >= 4 is 28.4 Å². The van der Waals surface area contributed by atoms with E-state index >= 15 is 0 Å². The number of nitrogens with zero attached hydrogens (tertiary/aromatic N) is 5. The normalized spacial score (nSPS) is 11.3. The van der Waals surface area contributed by atoms with Crippen molar-refractivity contribution in [3.05, 3.63) is 213 Å². The molecule has 0 N–H and O–H groups in total. The molecule has 260 valence electrons. The van der Waals surface area contributed by atoms with Crippen LogP contribution in [0.4, 0.5) is 17.1 Å². The smallest absolute Gasteiger partial charge is 0.137 e. The number of rotatable bonds is 8. The minimum Gasteiger partial charge on any atom is -0.310 e. The number of hydrogen-bond donors (Lipinski definition) is 0. The summed E-state index contributed by atoms with van der Waals surface area (Å²) in [6.07, 6.45) is 4.19. The number of anilines is 3. The molecule has 0 radical (unpaired) electrons. The van der Waals surface area contributed by atoms with Crippen LogP contribution in [0, 0.1) is 0 Å². The molecule has 0 aliphatic rings. The van der Waals surface area contributed by atoms with E-state index in [-0.39, 0.29) is 0 Å². The van der Waals surface area contributed by atoms with Crippen LogP contribution in [0.5, 0.6) is 0 Å². The molecule has 0 aliphatic heterocycles.